The molecule has 1 saturated heterocycles. The number of hydrogen-bond donors (Lipinski definition) is 0. The van der Waals surface area contributed by atoms with Gasteiger partial charge in [-0.15, -0.1) is 0 Å². The Morgan fingerprint density at radius 1 is 0.864 bits per heavy atom. The second-order valence-corrected chi connectivity index (χ2v) is 16.1. The van der Waals surface area contributed by atoms with E-state index < -0.39 is 5.51 Å². The molecular weight excluding hydrogens is 390 g/mol. The van der Waals surface area contributed by atoms with Crippen molar-refractivity contribution in [2.75, 3.05) is 11.5 Å². The second-order valence-electron chi connectivity index (χ2n) is 6.42. The third-order valence-electron chi connectivity index (χ3n) is 3.81. The average Bonchev–Trinajstić information content (AvgIpc) is 2.56. The van der Waals surface area contributed by atoms with Crippen LogP contribution in [0, 0.1) is 5.41 Å². The van der Waals surface area contributed by atoms with Crippen LogP contribution in [-0.2, 0) is 0 Å². The van der Waals surface area contributed by atoms with Crippen molar-refractivity contribution in [1.29, 1.82) is 0 Å². The Morgan fingerprint density at radius 2 is 1.27 bits per heavy atom. The zero-order chi connectivity index (χ0) is 15.6. The Balaban J connectivity index is 2.03. The number of thioether (sulfide) groups is 2. The molecule has 0 spiro atoms. The van der Waals surface area contributed by atoms with Crippen LogP contribution in [0.5, 0.6) is 0 Å². The standard InChI is InChI=1S/C18H21PS2Se/c1-18(2)13-20-17(21-14-18)19(22,15-9-5-3-6-10-15)16-11-7-4-8-12-16/h3-12,17H,13-14H2,1-2H3. The third-order valence-corrected chi connectivity index (χ3v) is 18.4. The van der Waals surface area contributed by atoms with E-state index in [0.717, 1.165) is 0 Å². The second kappa shape index (κ2) is 6.91. The molecule has 1 fully saturated rings. The summed E-state index contributed by atoms with van der Waals surface area (Å²) >= 11 is 7.99. The van der Waals surface area contributed by atoms with Crippen molar-refractivity contribution in [3.63, 3.8) is 0 Å². The van der Waals surface area contributed by atoms with Gasteiger partial charge in [0.05, 0.1) is 0 Å². The van der Waals surface area contributed by atoms with Gasteiger partial charge in [0.1, 0.15) is 0 Å². The summed E-state index contributed by atoms with van der Waals surface area (Å²) < 4.78 is 0.616. The van der Waals surface area contributed by atoms with Crippen molar-refractivity contribution < 1.29 is 0 Å². The molecule has 0 aromatic heterocycles. The molecule has 3 rings (SSSR count). The first-order valence-electron chi connectivity index (χ1n) is 7.47. The monoisotopic (exact) mass is 412 g/mol. The fraction of sp³-hybridized carbons (Fsp3) is 0.333. The van der Waals surface area contributed by atoms with E-state index >= 15 is 0 Å². The van der Waals surface area contributed by atoms with Gasteiger partial charge in [0.2, 0.25) is 0 Å². The van der Waals surface area contributed by atoms with E-state index in [0.29, 0.717) is 9.74 Å². The molecule has 4 heteroatoms. The van der Waals surface area contributed by atoms with Crippen LogP contribution in [0.1, 0.15) is 13.8 Å². The van der Waals surface area contributed by atoms with Crippen molar-refractivity contribution in [2.24, 2.45) is 5.41 Å². The van der Waals surface area contributed by atoms with Crippen LogP contribution >= 0.6 is 29.0 Å². The van der Waals surface area contributed by atoms with Gasteiger partial charge in [-0.3, -0.25) is 0 Å². The quantitative estimate of drug-likeness (QED) is 0.538. The summed E-state index contributed by atoms with van der Waals surface area (Å²) in [6.07, 6.45) is 0. The fourth-order valence-corrected chi connectivity index (χ4v) is 14.3. The summed E-state index contributed by atoms with van der Waals surface area (Å²) in [4.78, 5) is 0. The van der Waals surface area contributed by atoms with Crippen molar-refractivity contribution in [2.45, 2.75) is 18.2 Å². The van der Waals surface area contributed by atoms with Gasteiger partial charge in [-0.05, 0) is 0 Å². The van der Waals surface area contributed by atoms with Gasteiger partial charge >= 0.3 is 150 Å². The number of benzene rings is 2. The summed E-state index contributed by atoms with van der Waals surface area (Å²) in [7, 11) is 0. The zero-order valence-corrected chi connectivity index (χ0v) is 17.2. The Bertz CT molecular complexity index is 617. The molecule has 0 atom stereocenters. The number of hydrogen-bond acceptors (Lipinski definition) is 2. The molecule has 0 radical (unpaired) electrons. The summed E-state index contributed by atoms with van der Waals surface area (Å²) in [6.45, 7) is 4.77. The SMILES string of the molecule is CC1(C)CSC(P(=[Se])(c2ccccc2)c2ccccc2)SC1. The van der Waals surface area contributed by atoms with Gasteiger partial charge in [-0.25, -0.2) is 0 Å². The topological polar surface area (TPSA) is 0 Å². The van der Waals surface area contributed by atoms with Gasteiger partial charge in [0.15, 0.2) is 0 Å². The molecule has 2 aromatic carbocycles. The number of rotatable bonds is 3. The van der Waals surface area contributed by atoms with E-state index in [9.17, 15) is 0 Å². The Labute approximate surface area is 150 Å². The fourth-order valence-electron chi connectivity index (χ4n) is 2.58. The van der Waals surface area contributed by atoms with E-state index in [1.165, 1.54) is 22.1 Å². The molecular formula is C18H21PS2Se. The predicted octanol–water partition coefficient (Wildman–Crippen LogP) is 4.53. The molecule has 1 heterocycles. The van der Waals surface area contributed by atoms with Crippen molar-refractivity contribution in [1.82, 2.24) is 0 Å². The maximum atomic E-state index is 3.69. The van der Waals surface area contributed by atoms with Crippen LogP contribution < -0.4 is 10.6 Å². The first-order chi connectivity index (χ1) is 10.5. The van der Waals surface area contributed by atoms with Crippen LogP contribution in [0.15, 0.2) is 60.7 Å². The van der Waals surface area contributed by atoms with Gasteiger partial charge in [-0.1, -0.05) is 0 Å². The molecule has 0 N–H and O–H groups in total. The van der Waals surface area contributed by atoms with E-state index in [4.69, 9.17) is 0 Å². The molecule has 1 aliphatic heterocycles. The van der Waals surface area contributed by atoms with Crippen LogP contribution in [0.4, 0.5) is 0 Å². The van der Waals surface area contributed by atoms with Gasteiger partial charge < -0.3 is 0 Å². The minimum atomic E-state index is -1.50. The maximum absolute atomic E-state index is 3.69. The van der Waals surface area contributed by atoms with E-state index in [-0.39, 0.29) is 0 Å². The van der Waals surface area contributed by atoms with Crippen molar-refractivity contribution >= 4 is 54.7 Å². The van der Waals surface area contributed by atoms with Crippen LogP contribution in [0.2, 0.25) is 0 Å². The summed E-state index contributed by atoms with van der Waals surface area (Å²) in [5.74, 6) is 2.49. The predicted molar refractivity (Wildman–Crippen MR) is 107 cm³/mol. The van der Waals surface area contributed by atoms with Gasteiger partial charge in [-0.2, -0.15) is 0 Å². The van der Waals surface area contributed by atoms with Crippen molar-refractivity contribution in [3.05, 3.63) is 60.7 Å². The third kappa shape index (κ3) is 3.45. The molecule has 2 aromatic rings. The Kier molecular flexibility index (Phi) is 5.32. The molecule has 116 valence electrons. The molecule has 0 aliphatic carbocycles. The molecule has 1 aliphatic rings. The first-order valence-corrected chi connectivity index (χ1v) is 13.6. The Hall–Kier alpha value is 0.0895. The van der Waals surface area contributed by atoms with E-state index in [1.807, 2.05) is 0 Å². The molecule has 0 amide bonds. The summed E-state index contributed by atoms with van der Waals surface area (Å²) in [6, 6.07) is 22.1. The molecule has 0 unspecified atom stereocenters. The van der Waals surface area contributed by atoms with Crippen LogP contribution in [0.25, 0.3) is 0 Å². The van der Waals surface area contributed by atoms with E-state index in [2.05, 4.69) is 113 Å². The van der Waals surface area contributed by atoms with Gasteiger partial charge in [0, 0.05) is 0 Å². The first kappa shape index (κ1) is 16.9. The summed E-state index contributed by atoms with van der Waals surface area (Å²) in [5.41, 5.74) is -1.06. The van der Waals surface area contributed by atoms with E-state index in [1.54, 1.807) is 0 Å². The average molecular weight is 411 g/mol. The molecule has 0 bridgehead atoms. The molecule has 0 nitrogen and oxygen atoms in total. The minimum absolute atomic E-state index is 0.448. The van der Waals surface area contributed by atoms with Crippen LogP contribution in [0.3, 0.4) is 0 Å². The van der Waals surface area contributed by atoms with Crippen molar-refractivity contribution in [3.8, 4) is 0 Å². The molecule has 22 heavy (non-hydrogen) atoms. The van der Waals surface area contributed by atoms with Crippen LogP contribution in [-0.4, -0.2) is 30.9 Å². The van der Waals surface area contributed by atoms with Gasteiger partial charge in [0.25, 0.3) is 0 Å². The Morgan fingerprint density at radius 3 is 1.68 bits per heavy atom. The zero-order valence-electron chi connectivity index (χ0n) is 12.9. The summed E-state index contributed by atoms with van der Waals surface area (Å²) in [5, 5.41) is 2.96. The normalized spacial score (nSPS) is 19.0. The molecule has 0 saturated carbocycles.